The van der Waals surface area contributed by atoms with Gasteiger partial charge in [0, 0.05) is 26.3 Å². The van der Waals surface area contributed by atoms with E-state index in [0.29, 0.717) is 49.1 Å². The Morgan fingerprint density at radius 3 is 2.46 bits per heavy atom. The van der Waals surface area contributed by atoms with Crippen molar-refractivity contribution in [3.05, 3.63) is 53.1 Å². The number of hydrogen-bond acceptors (Lipinski definition) is 8. The number of fused-ring (bicyclic) bond motifs is 2. The lowest BCUT2D eigenvalue weighted by atomic mass is 9.69. The number of aryl methyl sites for hydroxylation is 1. The zero-order chi connectivity index (χ0) is 29.5. The van der Waals surface area contributed by atoms with Crippen molar-refractivity contribution >= 4 is 17.3 Å². The summed E-state index contributed by atoms with van der Waals surface area (Å²) >= 11 is 0. The Balaban J connectivity index is 1.58. The van der Waals surface area contributed by atoms with Gasteiger partial charge in [0.25, 0.3) is 0 Å². The second-order valence-corrected chi connectivity index (χ2v) is 11.3. The van der Waals surface area contributed by atoms with Crippen molar-refractivity contribution in [2.75, 3.05) is 27.8 Å². The minimum absolute atomic E-state index is 0.0396. The molecule has 1 fully saturated rings. The molecule has 4 atom stereocenters. The molecule has 3 N–H and O–H groups in total. The molecule has 0 radical (unpaired) electrons. The van der Waals surface area contributed by atoms with E-state index in [1.165, 1.54) is 14.0 Å². The largest absolute Gasteiger partial charge is 0.504 e. The maximum atomic E-state index is 13.7. The lowest BCUT2D eigenvalue weighted by molar-refractivity contribution is -0.147. The number of phenolic OH excluding ortho intramolecular Hbond substituents is 2. The molecule has 8 nitrogen and oxygen atoms in total. The summed E-state index contributed by atoms with van der Waals surface area (Å²) in [5, 5.41) is 23.8. The van der Waals surface area contributed by atoms with Gasteiger partial charge in [0.2, 0.25) is 0 Å². The molecule has 0 bridgehead atoms. The van der Waals surface area contributed by atoms with Crippen LogP contribution in [-0.2, 0) is 20.7 Å². The van der Waals surface area contributed by atoms with Gasteiger partial charge in [-0.25, -0.2) is 0 Å². The normalized spacial score (nSPS) is 20.6. The third-order valence-corrected chi connectivity index (χ3v) is 8.51. The summed E-state index contributed by atoms with van der Waals surface area (Å²) in [5.41, 5.74) is 4.04. The van der Waals surface area contributed by atoms with Gasteiger partial charge in [-0.05, 0) is 97.0 Å². The molecule has 8 heteroatoms. The van der Waals surface area contributed by atoms with E-state index in [9.17, 15) is 19.8 Å². The van der Waals surface area contributed by atoms with E-state index in [0.717, 1.165) is 47.9 Å². The van der Waals surface area contributed by atoms with E-state index in [1.807, 2.05) is 13.1 Å². The number of methoxy groups -OCH3 is 2. The van der Waals surface area contributed by atoms with Crippen molar-refractivity contribution < 1.29 is 34.0 Å². The molecule has 4 rings (SSSR count). The summed E-state index contributed by atoms with van der Waals surface area (Å²) in [5.74, 6) is 1.16. The summed E-state index contributed by atoms with van der Waals surface area (Å²) in [4.78, 5) is 25.7. The standard InChI is InChI=1S/C33H43NO7/c1-20(35)41-25(11-9-21-10-12-30(37)32(13-21)39-3)15-24(36)16-28-26-8-6-5-7-22(26)14-23(19-34-2)27-17-31(38)33(40-4)18-29(27)28/h10,12-14,17-18,22,25-26,28,34,37-38H,5-9,11,15-16,19H2,1-4H3/t22-,25+,26-,28+/m0/s1. The average Bonchev–Trinajstić information content (AvgIpc) is 3.06. The number of esters is 1. The highest BCUT2D eigenvalue weighted by Crippen LogP contribution is 2.50. The van der Waals surface area contributed by atoms with Crippen LogP contribution in [0.4, 0.5) is 0 Å². The Morgan fingerprint density at radius 1 is 1.02 bits per heavy atom. The molecule has 2 aromatic carbocycles. The Bertz CT molecular complexity index is 1270. The van der Waals surface area contributed by atoms with E-state index in [-0.39, 0.29) is 29.6 Å². The zero-order valence-corrected chi connectivity index (χ0v) is 24.6. The minimum atomic E-state index is -0.556. The van der Waals surface area contributed by atoms with E-state index < -0.39 is 12.1 Å². The van der Waals surface area contributed by atoms with Gasteiger partial charge in [-0.1, -0.05) is 25.0 Å². The van der Waals surface area contributed by atoms with Crippen LogP contribution >= 0.6 is 0 Å². The Morgan fingerprint density at radius 2 is 1.76 bits per heavy atom. The fourth-order valence-electron chi connectivity index (χ4n) is 6.64. The molecule has 0 spiro atoms. The van der Waals surface area contributed by atoms with Crippen LogP contribution in [0.5, 0.6) is 23.0 Å². The fraction of sp³-hybridized carbons (Fsp3) is 0.515. The van der Waals surface area contributed by atoms with Crippen LogP contribution in [0.3, 0.4) is 0 Å². The highest BCUT2D eigenvalue weighted by Gasteiger charge is 2.38. The molecule has 2 aliphatic carbocycles. The topological polar surface area (TPSA) is 114 Å². The quantitative estimate of drug-likeness (QED) is 0.288. The molecule has 2 aromatic rings. The first kappa shape index (κ1) is 30.4. The van der Waals surface area contributed by atoms with E-state index in [4.69, 9.17) is 14.2 Å². The molecule has 0 saturated heterocycles. The number of aromatic hydroxyl groups is 2. The predicted octanol–water partition coefficient (Wildman–Crippen LogP) is 5.54. The van der Waals surface area contributed by atoms with E-state index >= 15 is 0 Å². The number of ether oxygens (including phenoxy) is 3. The van der Waals surface area contributed by atoms with Crippen LogP contribution in [0.1, 0.15) is 74.5 Å². The number of phenols is 2. The number of likely N-dealkylation sites (N-methyl/N-ethyl adjacent to an activating group) is 1. The first-order valence-electron chi connectivity index (χ1n) is 14.5. The zero-order valence-electron chi connectivity index (χ0n) is 24.6. The number of allylic oxidation sites excluding steroid dienone is 1. The van der Waals surface area contributed by atoms with Crippen LogP contribution in [0.2, 0.25) is 0 Å². The monoisotopic (exact) mass is 565 g/mol. The van der Waals surface area contributed by atoms with Crippen molar-refractivity contribution in [2.45, 2.75) is 70.3 Å². The molecular formula is C33H43NO7. The predicted molar refractivity (Wildman–Crippen MR) is 158 cm³/mol. The summed E-state index contributed by atoms with van der Waals surface area (Å²) in [6.07, 6.45) is 7.68. The van der Waals surface area contributed by atoms with Gasteiger partial charge in [0.05, 0.1) is 14.2 Å². The van der Waals surface area contributed by atoms with Crippen molar-refractivity contribution in [1.82, 2.24) is 5.32 Å². The molecule has 0 unspecified atom stereocenters. The number of rotatable bonds is 12. The third-order valence-electron chi connectivity index (χ3n) is 8.51. The molecule has 41 heavy (non-hydrogen) atoms. The molecule has 0 heterocycles. The number of nitrogens with one attached hydrogen (secondary N) is 1. The Labute approximate surface area is 242 Å². The van der Waals surface area contributed by atoms with Crippen LogP contribution in [0.25, 0.3) is 5.57 Å². The average molecular weight is 566 g/mol. The van der Waals surface area contributed by atoms with Crippen molar-refractivity contribution in [3.8, 4) is 23.0 Å². The SMILES string of the molecule is CNCC1=C[C@@H]2CCCC[C@@H]2[C@@H](CC(=O)C[C@@H](CCc2ccc(O)c(OC)c2)OC(C)=O)c2cc(OC)c(O)cc21. The molecule has 1 saturated carbocycles. The van der Waals surface area contributed by atoms with Gasteiger partial charge in [-0.2, -0.15) is 0 Å². The number of hydrogen-bond donors (Lipinski definition) is 3. The maximum Gasteiger partial charge on any atom is 0.302 e. The smallest absolute Gasteiger partial charge is 0.302 e. The first-order chi connectivity index (χ1) is 19.7. The third kappa shape index (κ3) is 7.41. The highest BCUT2D eigenvalue weighted by molar-refractivity contribution is 5.82. The van der Waals surface area contributed by atoms with Gasteiger partial charge in [-0.3, -0.25) is 9.59 Å². The van der Waals surface area contributed by atoms with Crippen LogP contribution in [-0.4, -0.2) is 55.9 Å². The van der Waals surface area contributed by atoms with Crippen molar-refractivity contribution in [3.63, 3.8) is 0 Å². The van der Waals surface area contributed by atoms with E-state index in [2.05, 4.69) is 11.4 Å². The number of benzene rings is 2. The number of carbonyl (C=O) groups excluding carboxylic acids is 2. The highest BCUT2D eigenvalue weighted by atomic mass is 16.5. The van der Waals surface area contributed by atoms with Gasteiger partial charge in [0.1, 0.15) is 11.9 Å². The second kappa shape index (κ2) is 13.9. The van der Waals surface area contributed by atoms with Gasteiger partial charge >= 0.3 is 5.97 Å². The second-order valence-electron chi connectivity index (χ2n) is 11.3. The first-order valence-corrected chi connectivity index (χ1v) is 14.5. The molecule has 0 aliphatic heterocycles. The summed E-state index contributed by atoms with van der Waals surface area (Å²) < 4.78 is 16.3. The Kier molecular flexibility index (Phi) is 10.3. The molecule has 2 aliphatic rings. The maximum absolute atomic E-state index is 13.7. The summed E-state index contributed by atoms with van der Waals surface area (Å²) in [6, 6.07) is 8.82. The van der Waals surface area contributed by atoms with Crippen molar-refractivity contribution in [1.29, 1.82) is 0 Å². The molecular weight excluding hydrogens is 522 g/mol. The van der Waals surface area contributed by atoms with Crippen LogP contribution in [0.15, 0.2) is 36.4 Å². The van der Waals surface area contributed by atoms with Crippen LogP contribution in [0, 0.1) is 11.8 Å². The lowest BCUT2D eigenvalue weighted by Crippen LogP contribution is -2.27. The lowest BCUT2D eigenvalue weighted by Gasteiger charge is -2.35. The number of Topliss-reactive ketones (excluding diaryl/α,β-unsaturated/α-hetero) is 1. The molecule has 0 aromatic heterocycles. The summed E-state index contributed by atoms with van der Waals surface area (Å²) in [6.45, 7) is 2.03. The van der Waals surface area contributed by atoms with E-state index in [1.54, 1.807) is 31.4 Å². The fourth-order valence-corrected chi connectivity index (χ4v) is 6.64. The molecule has 0 amide bonds. The van der Waals surface area contributed by atoms with Gasteiger partial charge < -0.3 is 29.7 Å². The number of carbonyl (C=O) groups is 2. The number of ketones is 1. The van der Waals surface area contributed by atoms with Crippen LogP contribution < -0.4 is 14.8 Å². The Hall–Kier alpha value is -3.52. The summed E-state index contributed by atoms with van der Waals surface area (Å²) in [7, 11) is 4.95. The van der Waals surface area contributed by atoms with Gasteiger partial charge in [0.15, 0.2) is 23.0 Å². The van der Waals surface area contributed by atoms with Crippen molar-refractivity contribution in [2.24, 2.45) is 11.8 Å². The minimum Gasteiger partial charge on any atom is -0.504 e. The molecule has 222 valence electrons. The van der Waals surface area contributed by atoms with Gasteiger partial charge in [-0.15, -0.1) is 0 Å².